The van der Waals surface area contributed by atoms with Gasteiger partial charge in [0.25, 0.3) is 0 Å². The van der Waals surface area contributed by atoms with Gasteiger partial charge in [0.05, 0.1) is 23.2 Å². The van der Waals surface area contributed by atoms with Crippen molar-refractivity contribution in [3.8, 4) is 0 Å². The quantitative estimate of drug-likeness (QED) is 0.811. The predicted molar refractivity (Wildman–Crippen MR) is 69.1 cm³/mol. The third-order valence-electron chi connectivity index (χ3n) is 2.35. The summed E-state index contributed by atoms with van der Waals surface area (Å²) in [6, 6.07) is 7.30. The molecule has 1 aromatic heterocycles. The van der Waals surface area contributed by atoms with Crippen LogP contribution >= 0.6 is 11.6 Å². The molecular weight excluding hydrogens is 272 g/mol. The molecule has 94 valence electrons. The van der Waals surface area contributed by atoms with Gasteiger partial charge in [-0.15, -0.1) is 0 Å². The topological polar surface area (TPSA) is 59.9 Å². The molecule has 4 nitrogen and oxygen atoms in total. The second-order valence-electron chi connectivity index (χ2n) is 3.93. The van der Waals surface area contributed by atoms with Gasteiger partial charge >= 0.3 is 0 Å². The van der Waals surface area contributed by atoms with E-state index in [1.807, 2.05) is 19.1 Å². The number of aromatic nitrogens is 2. The average molecular weight is 283 g/mol. The number of hydrogen-bond donors (Lipinski definition) is 0. The average Bonchev–Trinajstić information content (AvgIpc) is 2.32. The van der Waals surface area contributed by atoms with Crippen molar-refractivity contribution in [2.45, 2.75) is 17.8 Å². The van der Waals surface area contributed by atoms with Crippen molar-refractivity contribution < 1.29 is 8.42 Å². The molecule has 0 saturated carbocycles. The molecule has 0 unspecified atom stereocenters. The lowest BCUT2D eigenvalue weighted by atomic mass is 10.2. The second-order valence-corrected chi connectivity index (χ2v) is 6.25. The standard InChI is InChI=1S/C12H11ClN2O2S/c1-9-2-4-10(5-3-9)8-18(16,17)12-14-6-11(13)7-15-12/h2-7H,8H2,1H3. The molecule has 0 saturated heterocycles. The van der Waals surface area contributed by atoms with Gasteiger partial charge in [-0.05, 0) is 12.5 Å². The van der Waals surface area contributed by atoms with Crippen LogP contribution in [0, 0.1) is 6.92 Å². The second kappa shape index (κ2) is 5.04. The molecule has 0 radical (unpaired) electrons. The molecule has 0 aliphatic rings. The summed E-state index contributed by atoms with van der Waals surface area (Å²) in [4.78, 5) is 7.47. The fourth-order valence-corrected chi connectivity index (χ4v) is 2.71. The van der Waals surface area contributed by atoms with Crippen molar-refractivity contribution in [1.29, 1.82) is 0 Å². The SMILES string of the molecule is Cc1ccc(CS(=O)(=O)c2ncc(Cl)cn2)cc1. The monoisotopic (exact) mass is 282 g/mol. The minimum absolute atomic E-state index is 0.116. The zero-order valence-electron chi connectivity index (χ0n) is 9.67. The highest BCUT2D eigenvalue weighted by atomic mass is 35.5. The molecule has 2 rings (SSSR count). The van der Waals surface area contributed by atoms with Gasteiger partial charge in [0, 0.05) is 0 Å². The molecule has 0 fully saturated rings. The van der Waals surface area contributed by atoms with Crippen molar-refractivity contribution in [3.05, 3.63) is 52.8 Å². The van der Waals surface area contributed by atoms with Crippen LogP contribution < -0.4 is 0 Å². The van der Waals surface area contributed by atoms with Crippen LogP contribution in [0.2, 0.25) is 5.02 Å². The molecule has 2 aromatic rings. The van der Waals surface area contributed by atoms with Gasteiger partial charge in [-0.3, -0.25) is 0 Å². The lowest BCUT2D eigenvalue weighted by Crippen LogP contribution is -2.09. The van der Waals surface area contributed by atoms with E-state index in [2.05, 4.69) is 9.97 Å². The smallest absolute Gasteiger partial charge is 0.225 e. The zero-order chi connectivity index (χ0) is 13.2. The molecule has 6 heteroatoms. The summed E-state index contributed by atoms with van der Waals surface area (Å²) in [5.74, 6) is -0.116. The molecule has 0 aliphatic carbocycles. The van der Waals surface area contributed by atoms with Crippen LogP contribution in [-0.4, -0.2) is 18.4 Å². The van der Waals surface area contributed by atoms with Gasteiger partial charge in [-0.25, -0.2) is 18.4 Å². The van der Waals surface area contributed by atoms with Crippen molar-refractivity contribution in [2.24, 2.45) is 0 Å². The van der Waals surface area contributed by atoms with E-state index >= 15 is 0 Å². The number of benzene rings is 1. The maximum Gasteiger partial charge on any atom is 0.247 e. The van der Waals surface area contributed by atoms with E-state index in [4.69, 9.17) is 11.6 Å². The van der Waals surface area contributed by atoms with Gasteiger partial charge in [0.2, 0.25) is 15.0 Å². The molecular formula is C12H11ClN2O2S. The number of hydrogen-bond acceptors (Lipinski definition) is 4. The van der Waals surface area contributed by atoms with Crippen LogP contribution in [0.4, 0.5) is 0 Å². The van der Waals surface area contributed by atoms with Crippen molar-refractivity contribution in [3.63, 3.8) is 0 Å². The maximum absolute atomic E-state index is 12.0. The molecule has 1 heterocycles. The van der Waals surface area contributed by atoms with E-state index in [-0.39, 0.29) is 10.9 Å². The summed E-state index contributed by atoms with van der Waals surface area (Å²) < 4.78 is 24.1. The Labute approximate surface area is 111 Å². The number of aryl methyl sites for hydroxylation is 1. The first-order chi connectivity index (χ1) is 8.47. The van der Waals surface area contributed by atoms with Crippen molar-refractivity contribution >= 4 is 21.4 Å². The highest BCUT2D eigenvalue weighted by Gasteiger charge is 2.18. The zero-order valence-corrected chi connectivity index (χ0v) is 11.2. The molecule has 18 heavy (non-hydrogen) atoms. The summed E-state index contributed by atoms with van der Waals surface area (Å²) >= 11 is 5.62. The molecule has 0 aliphatic heterocycles. The molecule has 0 spiro atoms. The summed E-state index contributed by atoms with van der Waals surface area (Å²) in [6.45, 7) is 1.95. The molecule has 0 amide bonds. The third kappa shape index (κ3) is 3.05. The van der Waals surface area contributed by atoms with E-state index in [0.29, 0.717) is 10.6 Å². The molecule has 0 atom stereocenters. The Morgan fingerprint density at radius 1 is 1.11 bits per heavy atom. The minimum atomic E-state index is -3.52. The number of rotatable bonds is 3. The van der Waals surface area contributed by atoms with Gasteiger partial charge in [-0.1, -0.05) is 41.4 Å². The molecule has 0 N–H and O–H groups in total. The Kier molecular flexibility index (Phi) is 3.63. The first-order valence-corrected chi connectivity index (χ1v) is 7.26. The van der Waals surface area contributed by atoms with Crippen LogP contribution in [0.25, 0.3) is 0 Å². The van der Waals surface area contributed by atoms with Crippen LogP contribution in [-0.2, 0) is 15.6 Å². The van der Waals surface area contributed by atoms with Crippen LogP contribution in [0.15, 0.2) is 41.8 Å². The number of nitrogens with zero attached hydrogens (tertiary/aromatic N) is 2. The summed E-state index contributed by atoms with van der Waals surface area (Å²) in [7, 11) is -3.52. The fourth-order valence-electron chi connectivity index (χ4n) is 1.43. The van der Waals surface area contributed by atoms with E-state index in [1.165, 1.54) is 12.4 Å². The largest absolute Gasteiger partial charge is 0.247 e. The Morgan fingerprint density at radius 3 is 2.22 bits per heavy atom. The Hall–Kier alpha value is -1.46. The van der Waals surface area contributed by atoms with Crippen molar-refractivity contribution in [1.82, 2.24) is 9.97 Å². The van der Waals surface area contributed by atoms with E-state index in [0.717, 1.165) is 5.56 Å². The molecule has 0 bridgehead atoms. The Bertz CT molecular complexity index is 637. The van der Waals surface area contributed by atoms with Crippen LogP contribution in [0.3, 0.4) is 0 Å². The number of halogens is 1. The Balaban J connectivity index is 2.27. The fraction of sp³-hybridized carbons (Fsp3) is 0.167. The van der Waals surface area contributed by atoms with E-state index < -0.39 is 9.84 Å². The van der Waals surface area contributed by atoms with Gasteiger partial charge in [-0.2, -0.15) is 0 Å². The normalized spacial score (nSPS) is 11.4. The minimum Gasteiger partial charge on any atom is -0.225 e. The van der Waals surface area contributed by atoms with Crippen molar-refractivity contribution in [2.75, 3.05) is 0 Å². The highest BCUT2D eigenvalue weighted by molar-refractivity contribution is 7.90. The lowest BCUT2D eigenvalue weighted by molar-refractivity contribution is 0.586. The van der Waals surface area contributed by atoms with Gasteiger partial charge in [0.1, 0.15) is 0 Å². The molecule has 1 aromatic carbocycles. The summed E-state index contributed by atoms with van der Waals surface area (Å²) in [5, 5.41) is 0.108. The van der Waals surface area contributed by atoms with Crippen LogP contribution in [0.5, 0.6) is 0 Å². The van der Waals surface area contributed by atoms with Crippen LogP contribution in [0.1, 0.15) is 11.1 Å². The van der Waals surface area contributed by atoms with Gasteiger partial charge in [0.15, 0.2) is 0 Å². The summed E-state index contributed by atoms with van der Waals surface area (Å²) in [6.07, 6.45) is 2.55. The van der Waals surface area contributed by atoms with E-state index in [1.54, 1.807) is 12.1 Å². The summed E-state index contributed by atoms with van der Waals surface area (Å²) in [5.41, 5.74) is 1.79. The Morgan fingerprint density at radius 2 is 1.67 bits per heavy atom. The predicted octanol–water partition coefficient (Wildman–Crippen LogP) is 2.41. The van der Waals surface area contributed by atoms with E-state index in [9.17, 15) is 8.42 Å². The first kappa shape index (κ1) is 13.0. The lowest BCUT2D eigenvalue weighted by Gasteiger charge is -2.03. The number of sulfone groups is 1. The maximum atomic E-state index is 12.0. The van der Waals surface area contributed by atoms with Gasteiger partial charge < -0.3 is 0 Å². The highest BCUT2D eigenvalue weighted by Crippen LogP contribution is 2.14. The third-order valence-corrected chi connectivity index (χ3v) is 4.03. The first-order valence-electron chi connectivity index (χ1n) is 5.23.